The standard InChI is InChI=1S/C13H22N4O/c14-16-12-3-5-15-13(8-12)10-17-6-1-2-11(9-17)4-7-18/h3,5,8,11,18H,1-2,4,6-7,9-10,14H2,(H,15,16). The van der Waals surface area contributed by atoms with Gasteiger partial charge in [0.15, 0.2) is 0 Å². The summed E-state index contributed by atoms with van der Waals surface area (Å²) in [6.07, 6.45) is 5.13. The van der Waals surface area contributed by atoms with E-state index in [4.69, 9.17) is 10.9 Å². The number of nitrogen functional groups attached to an aromatic ring is 1. The lowest BCUT2D eigenvalue weighted by molar-refractivity contribution is 0.141. The van der Waals surface area contributed by atoms with Crippen molar-refractivity contribution in [1.82, 2.24) is 9.88 Å². The molecule has 1 atom stereocenters. The van der Waals surface area contributed by atoms with E-state index in [9.17, 15) is 0 Å². The first-order chi connectivity index (χ1) is 8.81. The molecule has 1 saturated heterocycles. The van der Waals surface area contributed by atoms with E-state index in [2.05, 4.69) is 15.3 Å². The second-order valence-electron chi connectivity index (χ2n) is 4.94. The Balaban J connectivity index is 1.91. The molecule has 1 aromatic heterocycles. The highest BCUT2D eigenvalue weighted by Crippen LogP contribution is 2.20. The Labute approximate surface area is 108 Å². The number of hydrogen-bond acceptors (Lipinski definition) is 5. The summed E-state index contributed by atoms with van der Waals surface area (Å²) in [5.41, 5.74) is 4.57. The van der Waals surface area contributed by atoms with Gasteiger partial charge in [0.05, 0.1) is 11.4 Å². The van der Waals surface area contributed by atoms with E-state index in [1.807, 2.05) is 12.1 Å². The average Bonchev–Trinajstić information content (AvgIpc) is 2.40. The summed E-state index contributed by atoms with van der Waals surface area (Å²) in [7, 11) is 0. The van der Waals surface area contributed by atoms with Crippen LogP contribution in [0.25, 0.3) is 0 Å². The minimum absolute atomic E-state index is 0.295. The van der Waals surface area contributed by atoms with Crippen LogP contribution in [-0.4, -0.2) is 34.7 Å². The van der Waals surface area contributed by atoms with Gasteiger partial charge in [-0.1, -0.05) is 0 Å². The Morgan fingerprint density at radius 2 is 2.44 bits per heavy atom. The van der Waals surface area contributed by atoms with Crippen molar-refractivity contribution in [3.63, 3.8) is 0 Å². The Hall–Kier alpha value is -1.17. The lowest BCUT2D eigenvalue weighted by atomic mass is 9.95. The Bertz CT molecular complexity index is 370. The molecule has 0 amide bonds. The number of piperidine rings is 1. The molecule has 4 N–H and O–H groups in total. The van der Waals surface area contributed by atoms with Crippen molar-refractivity contribution in [3.05, 3.63) is 24.0 Å². The summed E-state index contributed by atoms with van der Waals surface area (Å²) in [6, 6.07) is 3.84. The number of nitrogens with two attached hydrogens (primary N) is 1. The van der Waals surface area contributed by atoms with Gasteiger partial charge in [-0.2, -0.15) is 0 Å². The van der Waals surface area contributed by atoms with Crippen molar-refractivity contribution in [2.45, 2.75) is 25.8 Å². The third kappa shape index (κ3) is 3.66. The molecule has 0 bridgehead atoms. The number of aliphatic hydroxyl groups is 1. The molecule has 2 rings (SSSR count). The van der Waals surface area contributed by atoms with Gasteiger partial charge in [-0.15, -0.1) is 0 Å². The molecule has 2 heterocycles. The molecule has 18 heavy (non-hydrogen) atoms. The van der Waals surface area contributed by atoms with E-state index in [1.165, 1.54) is 12.8 Å². The van der Waals surface area contributed by atoms with Gasteiger partial charge >= 0.3 is 0 Å². The summed E-state index contributed by atoms with van der Waals surface area (Å²) in [6.45, 7) is 3.33. The average molecular weight is 250 g/mol. The lowest BCUT2D eigenvalue weighted by Crippen LogP contribution is -2.35. The van der Waals surface area contributed by atoms with Crippen molar-refractivity contribution in [2.75, 3.05) is 25.1 Å². The summed E-state index contributed by atoms with van der Waals surface area (Å²) < 4.78 is 0. The first kappa shape index (κ1) is 13.3. The van der Waals surface area contributed by atoms with Gasteiger partial charge in [0.25, 0.3) is 0 Å². The first-order valence-corrected chi connectivity index (χ1v) is 6.56. The molecule has 0 radical (unpaired) electrons. The van der Waals surface area contributed by atoms with E-state index in [-0.39, 0.29) is 0 Å². The van der Waals surface area contributed by atoms with Crippen LogP contribution in [0.4, 0.5) is 5.69 Å². The quantitative estimate of drug-likeness (QED) is 0.536. The van der Waals surface area contributed by atoms with E-state index in [0.29, 0.717) is 12.5 Å². The van der Waals surface area contributed by atoms with E-state index < -0.39 is 0 Å². The number of aliphatic hydroxyl groups excluding tert-OH is 1. The lowest BCUT2D eigenvalue weighted by Gasteiger charge is -2.32. The topological polar surface area (TPSA) is 74.4 Å². The zero-order valence-corrected chi connectivity index (χ0v) is 10.7. The Morgan fingerprint density at radius 1 is 1.56 bits per heavy atom. The highest BCUT2D eigenvalue weighted by atomic mass is 16.3. The summed E-state index contributed by atoms with van der Waals surface area (Å²) in [5.74, 6) is 6.02. The van der Waals surface area contributed by atoms with Crippen molar-refractivity contribution in [2.24, 2.45) is 11.8 Å². The fraction of sp³-hybridized carbons (Fsp3) is 0.615. The van der Waals surface area contributed by atoms with Gasteiger partial charge in [0.2, 0.25) is 0 Å². The second kappa shape index (κ2) is 6.68. The molecule has 1 aliphatic rings. The number of pyridine rings is 1. The van der Waals surface area contributed by atoms with Gasteiger partial charge < -0.3 is 10.5 Å². The number of anilines is 1. The predicted molar refractivity (Wildman–Crippen MR) is 71.8 cm³/mol. The molecule has 0 aliphatic carbocycles. The molecule has 1 fully saturated rings. The van der Waals surface area contributed by atoms with Gasteiger partial charge in [0.1, 0.15) is 0 Å². The van der Waals surface area contributed by atoms with Crippen LogP contribution < -0.4 is 11.3 Å². The fourth-order valence-corrected chi connectivity index (χ4v) is 2.60. The highest BCUT2D eigenvalue weighted by molar-refractivity contribution is 5.41. The summed E-state index contributed by atoms with van der Waals surface area (Å²) >= 11 is 0. The number of nitrogens with one attached hydrogen (secondary N) is 1. The monoisotopic (exact) mass is 250 g/mol. The van der Waals surface area contributed by atoms with Crippen LogP contribution >= 0.6 is 0 Å². The first-order valence-electron chi connectivity index (χ1n) is 6.56. The predicted octanol–water partition coefficient (Wildman–Crippen LogP) is 0.962. The SMILES string of the molecule is NNc1ccnc(CN2CCCC(CCO)C2)c1. The molecule has 5 nitrogen and oxygen atoms in total. The van der Waals surface area contributed by atoms with E-state index >= 15 is 0 Å². The molecule has 0 saturated carbocycles. The van der Waals surface area contributed by atoms with Crippen LogP contribution in [-0.2, 0) is 6.54 Å². The zero-order chi connectivity index (χ0) is 12.8. The maximum Gasteiger partial charge on any atom is 0.0564 e. The molecule has 0 aromatic carbocycles. The van der Waals surface area contributed by atoms with Gasteiger partial charge in [0, 0.05) is 25.9 Å². The largest absolute Gasteiger partial charge is 0.396 e. The number of likely N-dealkylation sites (tertiary alicyclic amines) is 1. The normalized spacial score (nSPS) is 20.9. The van der Waals surface area contributed by atoms with Crippen LogP contribution in [0.2, 0.25) is 0 Å². The third-order valence-corrected chi connectivity index (χ3v) is 3.51. The van der Waals surface area contributed by atoms with E-state index in [0.717, 1.165) is 37.4 Å². The van der Waals surface area contributed by atoms with Crippen LogP contribution in [0, 0.1) is 5.92 Å². The number of aromatic nitrogens is 1. The van der Waals surface area contributed by atoms with E-state index in [1.54, 1.807) is 6.20 Å². The second-order valence-corrected chi connectivity index (χ2v) is 4.94. The van der Waals surface area contributed by atoms with Crippen LogP contribution in [0.1, 0.15) is 25.0 Å². The van der Waals surface area contributed by atoms with Gasteiger partial charge in [-0.3, -0.25) is 15.7 Å². The molecule has 1 aliphatic heterocycles. The molecule has 5 heteroatoms. The Kier molecular flexibility index (Phi) is 4.92. The minimum atomic E-state index is 0.295. The summed E-state index contributed by atoms with van der Waals surface area (Å²) in [4.78, 5) is 6.78. The summed E-state index contributed by atoms with van der Waals surface area (Å²) in [5, 5.41) is 9.01. The van der Waals surface area contributed by atoms with Crippen molar-refractivity contribution < 1.29 is 5.11 Å². The smallest absolute Gasteiger partial charge is 0.0564 e. The molecule has 100 valence electrons. The number of hydrazine groups is 1. The maximum atomic E-state index is 9.01. The molecular weight excluding hydrogens is 228 g/mol. The zero-order valence-electron chi connectivity index (χ0n) is 10.7. The fourth-order valence-electron chi connectivity index (χ4n) is 2.60. The number of hydrogen-bond donors (Lipinski definition) is 3. The van der Waals surface area contributed by atoms with Crippen molar-refractivity contribution in [3.8, 4) is 0 Å². The molecule has 0 spiro atoms. The minimum Gasteiger partial charge on any atom is -0.396 e. The number of rotatable bonds is 5. The molecule has 1 aromatic rings. The van der Waals surface area contributed by atoms with Gasteiger partial charge in [-0.05, 0) is 43.9 Å². The Morgan fingerprint density at radius 3 is 3.22 bits per heavy atom. The highest BCUT2D eigenvalue weighted by Gasteiger charge is 2.19. The molecular formula is C13H22N4O. The van der Waals surface area contributed by atoms with Gasteiger partial charge in [-0.25, -0.2) is 0 Å². The van der Waals surface area contributed by atoms with Crippen molar-refractivity contribution in [1.29, 1.82) is 0 Å². The molecule has 1 unspecified atom stereocenters. The van der Waals surface area contributed by atoms with Crippen LogP contribution in [0.15, 0.2) is 18.3 Å². The maximum absolute atomic E-state index is 9.01. The van der Waals surface area contributed by atoms with Crippen LogP contribution in [0.3, 0.4) is 0 Å². The van der Waals surface area contributed by atoms with Crippen LogP contribution in [0.5, 0.6) is 0 Å². The number of nitrogens with zero attached hydrogens (tertiary/aromatic N) is 2. The van der Waals surface area contributed by atoms with Crippen molar-refractivity contribution >= 4 is 5.69 Å². The third-order valence-electron chi connectivity index (χ3n) is 3.51.